The van der Waals surface area contributed by atoms with Crippen LogP contribution in [0.15, 0.2) is 48.5 Å². The molecule has 3 heteroatoms. The monoisotopic (exact) mass is 279 g/mol. The van der Waals surface area contributed by atoms with Crippen molar-refractivity contribution >= 4 is 28.9 Å². The van der Waals surface area contributed by atoms with Gasteiger partial charge >= 0.3 is 0 Å². The molecule has 0 bridgehead atoms. The summed E-state index contributed by atoms with van der Waals surface area (Å²) in [6, 6.07) is 15.8. The molecule has 1 N–H and O–H groups in total. The number of anilines is 1. The van der Waals surface area contributed by atoms with E-state index in [4.69, 9.17) is 23.2 Å². The highest BCUT2D eigenvalue weighted by molar-refractivity contribution is 6.30. The summed E-state index contributed by atoms with van der Waals surface area (Å²) in [6.07, 6.45) is 2.14. The zero-order valence-electron chi connectivity index (χ0n) is 10.00. The molecule has 2 aromatic carbocycles. The molecule has 0 saturated heterocycles. The van der Waals surface area contributed by atoms with Gasteiger partial charge in [-0.2, -0.15) is 0 Å². The van der Waals surface area contributed by atoms with Gasteiger partial charge in [-0.1, -0.05) is 35.3 Å². The molecule has 0 fully saturated rings. The van der Waals surface area contributed by atoms with E-state index in [-0.39, 0.29) is 0 Å². The van der Waals surface area contributed by atoms with Gasteiger partial charge in [-0.3, -0.25) is 0 Å². The van der Waals surface area contributed by atoms with Crippen molar-refractivity contribution in [2.45, 2.75) is 12.8 Å². The van der Waals surface area contributed by atoms with E-state index in [1.165, 1.54) is 5.56 Å². The fraction of sp³-hybridized carbons (Fsp3) is 0.200. The van der Waals surface area contributed by atoms with Gasteiger partial charge in [0, 0.05) is 22.3 Å². The maximum atomic E-state index is 5.84. The normalized spacial score (nSPS) is 10.3. The van der Waals surface area contributed by atoms with E-state index in [1.807, 2.05) is 36.4 Å². The summed E-state index contributed by atoms with van der Waals surface area (Å²) in [4.78, 5) is 0. The second kappa shape index (κ2) is 6.67. The molecular weight excluding hydrogens is 265 g/mol. The fourth-order valence-corrected chi connectivity index (χ4v) is 2.00. The molecule has 0 saturated carbocycles. The minimum absolute atomic E-state index is 0.765. The first-order chi connectivity index (χ1) is 8.74. The summed E-state index contributed by atoms with van der Waals surface area (Å²) in [5, 5.41) is 4.92. The molecule has 0 aromatic heterocycles. The second-order valence-corrected chi connectivity index (χ2v) is 5.04. The Bertz CT molecular complexity index is 429. The van der Waals surface area contributed by atoms with Gasteiger partial charge in [0.05, 0.1) is 0 Å². The molecule has 0 atom stereocenters. The molecule has 0 unspecified atom stereocenters. The van der Waals surface area contributed by atoms with Gasteiger partial charge in [0.15, 0.2) is 0 Å². The summed E-state index contributed by atoms with van der Waals surface area (Å²) in [7, 11) is 0. The van der Waals surface area contributed by atoms with E-state index in [0.717, 1.165) is 35.1 Å². The predicted molar refractivity (Wildman–Crippen MR) is 79.7 cm³/mol. The highest BCUT2D eigenvalue weighted by atomic mass is 35.5. The predicted octanol–water partition coefficient (Wildman–Crippen LogP) is 5.04. The first kappa shape index (κ1) is 13.3. The smallest absolute Gasteiger partial charge is 0.0407 e. The van der Waals surface area contributed by atoms with Gasteiger partial charge in [0.2, 0.25) is 0 Å². The molecule has 18 heavy (non-hydrogen) atoms. The summed E-state index contributed by atoms with van der Waals surface area (Å²) >= 11 is 11.7. The first-order valence-electron chi connectivity index (χ1n) is 5.98. The zero-order valence-corrected chi connectivity index (χ0v) is 11.5. The standard InChI is InChI=1S/C15H15Cl2N/c16-13-5-3-12(4-6-13)2-1-11-18-15-9-7-14(17)8-10-15/h3-10,18H,1-2,11H2. The van der Waals surface area contributed by atoms with Crippen LogP contribution in [0.4, 0.5) is 5.69 Å². The average Bonchev–Trinajstić information content (AvgIpc) is 2.39. The minimum Gasteiger partial charge on any atom is -0.385 e. The van der Waals surface area contributed by atoms with Crippen molar-refractivity contribution in [1.82, 2.24) is 0 Å². The molecule has 0 amide bonds. The van der Waals surface area contributed by atoms with Crippen LogP contribution in [0, 0.1) is 0 Å². The highest BCUT2D eigenvalue weighted by Crippen LogP contribution is 2.14. The van der Waals surface area contributed by atoms with Crippen LogP contribution in [0.1, 0.15) is 12.0 Å². The van der Waals surface area contributed by atoms with E-state index in [0.29, 0.717) is 0 Å². The van der Waals surface area contributed by atoms with E-state index < -0.39 is 0 Å². The largest absolute Gasteiger partial charge is 0.385 e. The Morgan fingerprint density at radius 1 is 0.778 bits per heavy atom. The zero-order chi connectivity index (χ0) is 12.8. The SMILES string of the molecule is Clc1ccc(CCCNc2ccc(Cl)cc2)cc1. The number of rotatable bonds is 5. The Labute approximate surface area is 118 Å². The van der Waals surface area contributed by atoms with Gasteiger partial charge < -0.3 is 5.32 Å². The summed E-state index contributed by atoms with van der Waals surface area (Å²) in [5.74, 6) is 0. The Morgan fingerprint density at radius 3 is 1.94 bits per heavy atom. The molecule has 0 spiro atoms. The van der Waals surface area contributed by atoms with E-state index in [2.05, 4.69) is 17.4 Å². The maximum Gasteiger partial charge on any atom is 0.0407 e. The molecule has 0 radical (unpaired) electrons. The van der Waals surface area contributed by atoms with Crippen LogP contribution in [0.5, 0.6) is 0 Å². The van der Waals surface area contributed by atoms with Crippen LogP contribution < -0.4 is 5.32 Å². The van der Waals surface area contributed by atoms with Crippen LogP contribution in [-0.4, -0.2) is 6.54 Å². The molecule has 0 aliphatic rings. The minimum atomic E-state index is 0.765. The van der Waals surface area contributed by atoms with Gasteiger partial charge in [-0.25, -0.2) is 0 Å². The van der Waals surface area contributed by atoms with Gasteiger partial charge in [0.25, 0.3) is 0 Å². The number of hydrogen-bond donors (Lipinski definition) is 1. The summed E-state index contributed by atoms with van der Waals surface area (Å²) in [6.45, 7) is 0.949. The Kier molecular flexibility index (Phi) is 4.91. The summed E-state index contributed by atoms with van der Waals surface area (Å²) in [5.41, 5.74) is 2.42. The van der Waals surface area contributed by atoms with E-state index in [9.17, 15) is 0 Å². The number of aryl methyl sites for hydroxylation is 1. The lowest BCUT2D eigenvalue weighted by Gasteiger charge is -2.06. The molecule has 0 heterocycles. The van der Waals surface area contributed by atoms with Gasteiger partial charge in [-0.05, 0) is 54.8 Å². The molecule has 1 nitrogen and oxygen atoms in total. The van der Waals surface area contributed by atoms with Crippen molar-refractivity contribution in [1.29, 1.82) is 0 Å². The van der Waals surface area contributed by atoms with Crippen LogP contribution in [0.25, 0.3) is 0 Å². The van der Waals surface area contributed by atoms with E-state index in [1.54, 1.807) is 0 Å². The number of nitrogens with one attached hydrogen (secondary N) is 1. The van der Waals surface area contributed by atoms with Crippen LogP contribution in [0.2, 0.25) is 10.0 Å². The Hall–Kier alpha value is -1.18. The second-order valence-electron chi connectivity index (χ2n) is 4.16. The fourth-order valence-electron chi connectivity index (χ4n) is 1.74. The maximum absolute atomic E-state index is 5.84. The third-order valence-corrected chi connectivity index (χ3v) is 3.23. The molecule has 0 aliphatic carbocycles. The molecule has 0 aliphatic heterocycles. The van der Waals surface area contributed by atoms with Gasteiger partial charge in [0.1, 0.15) is 0 Å². The van der Waals surface area contributed by atoms with Crippen molar-refractivity contribution in [3.63, 3.8) is 0 Å². The average molecular weight is 280 g/mol. The third-order valence-electron chi connectivity index (χ3n) is 2.73. The highest BCUT2D eigenvalue weighted by Gasteiger charge is 1.95. The Morgan fingerprint density at radius 2 is 1.33 bits per heavy atom. The summed E-state index contributed by atoms with van der Waals surface area (Å²) < 4.78 is 0. The van der Waals surface area contributed by atoms with Crippen LogP contribution in [0.3, 0.4) is 0 Å². The quantitative estimate of drug-likeness (QED) is 0.757. The number of benzene rings is 2. The molecule has 94 valence electrons. The Balaban J connectivity index is 1.73. The van der Waals surface area contributed by atoms with Crippen molar-refractivity contribution in [3.05, 3.63) is 64.1 Å². The number of hydrogen-bond acceptors (Lipinski definition) is 1. The molecule has 2 rings (SSSR count). The van der Waals surface area contributed by atoms with Crippen molar-refractivity contribution in [3.8, 4) is 0 Å². The van der Waals surface area contributed by atoms with Gasteiger partial charge in [-0.15, -0.1) is 0 Å². The van der Waals surface area contributed by atoms with Crippen LogP contribution in [-0.2, 0) is 6.42 Å². The number of halogens is 2. The van der Waals surface area contributed by atoms with Crippen LogP contribution >= 0.6 is 23.2 Å². The van der Waals surface area contributed by atoms with Crippen molar-refractivity contribution in [2.24, 2.45) is 0 Å². The molecular formula is C15H15Cl2N. The van der Waals surface area contributed by atoms with E-state index >= 15 is 0 Å². The van der Waals surface area contributed by atoms with Crippen molar-refractivity contribution in [2.75, 3.05) is 11.9 Å². The third kappa shape index (κ3) is 4.25. The lowest BCUT2D eigenvalue weighted by atomic mass is 10.1. The molecule has 2 aromatic rings. The van der Waals surface area contributed by atoms with Crippen molar-refractivity contribution < 1.29 is 0 Å². The first-order valence-corrected chi connectivity index (χ1v) is 6.73. The topological polar surface area (TPSA) is 12.0 Å². The lowest BCUT2D eigenvalue weighted by Crippen LogP contribution is -2.02. The lowest BCUT2D eigenvalue weighted by molar-refractivity contribution is 0.863.